The molecule has 3 amide bonds. The molecule has 20 heavy (non-hydrogen) atoms. The molecule has 0 spiro atoms. The first-order valence-corrected chi connectivity index (χ1v) is 6.35. The number of ether oxygens (including phenoxy) is 1. The van der Waals surface area contributed by atoms with Gasteiger partial charge in [-0.25, -0.2) is 9.59 Å². The minimum atomic E-state index is -1.21. The van der Waals surface area contributed by atoms with E-state index in [1.807, 2.05) is 13.8 Å². The Kier molecular flexibility index (Phi) is 8.30. The van der Waals surface area contributed by atoms with Crippen LogP contribution >= 0.6 is 0 Å². The molecular formula is C12H23N3O5. The molecule has 8 nitrogen and oxygen atoms in total. The molecular weight excluding hydrogens is 266 g/mol. The molecule has 2 unspecified atom stereocenters. The Labute approximate surface area is 118 Å². The number of carbonyl (C=O) groups is 3. The summed E-state index contributed by atoms with van der Waals surface area (Å²) in [6.45, 7) is 4.14. The van der Waals surface area contributed by atoms with E-state index in [1.54, 1.807) is 0 Å². The molecule has 0 rings (SSSR count). The average molecular weight is 289 g/mol. The van der Waals surface area contributed by atoms with Crippen LogP contribution in [0, 0.1) is 5.92 Å². The van der Waals surface area contributed by atoms with E-state index in [2.05, 4.69) is 10.6 Å². The van der Waals surface area contributed by atoms with Gasteiger partial charge in [-0.3, -0.25) is 4.79 Å². The van der Waals surface area contributed by atoms with Gasteiger partial charge in [0, 0.05) is 13.5 Å². The molecule has 0 bridgehead atoms. The second-order valence-electron chi connectivity index (χ2n) is 4.82. The molecule has 5 N–H and O–H groups in total. The molecule has 0 radical (unpaired) electrons. The number of urea groups is 1. The van der Waals surface area contributed by atoms with Gasteiger partial charge in [-0.1, -0.05) is 13.8 Å². The molecule has 116 valence electrons. The van der Waals surface area contributed by atoms with E-state index < -0.39 is 23.9 Å². The largest absolute Gasteiger partial charge is 0.480 e. The highest BCUT2D eigenvalue weighted by molar-refractivity contribution is 5.83. The Morgan fingerprint density at radius 3 is 2.25 bits per heavy atom. The van der Waals surface area contributed by atoms with Crippen molar-refractivity contribution in [1.29, 1.82) is 0 Å². The summed E-state index contributed by atoms with van der Waals surface area (Å²) in [5.41, 5.74) is 4.95. The maximum Gasteiger partial charge on any atom is 0.326 e. The highest BCUT2D eigenvalue weighted by Crippen LogP contribution is 2.02. The van der Waals surface area contributed by atoms with Crippen LogP contribution in [0.5, 0.6) is 0 Å². The first-order valence-electron chi connectivity index (χ1n) is 6.35. The van der Waals surface area contributed by atoms with Crippen LogP contribution in [0.2, 0.25) is 0 Å². The first-order chi connectivity index (χ1) is 9.27. The second kappa shape index (κ2) is 9.13. The molecule has 0 aliphatic heterocycles. The fraction of sp³-hybridized carbons (Fsp3) is 0.750. The van der Waals surface area contributed by atoms with Crippen molar-refractivity contribution >= 4 is 17.9 Å². The van der Waals surface area contributed by atoms with Crippen LogP contribution in [0.25, 0.3) is 0 Å². The number of hydrogen-bond donors (Lipinski definition) is 4. The topological polar surface area (TPSA) is 131 Å². The number of rotatable bonds is 9. The zero-order valence-electron chi connectivity index (χ0n) is 12.0. The number of amides is 3. The number of aliphatic carboxylic acids is 1. The Balaban J connectivity index is 4.44. The zero-order chi connectivity index (χ0) is 15.7. The molecule has 0 aromatic heterocycles. The van der Waals surface area contributed by atoms with Crippen LogP contribution in [0.15, 0.2) is 0 Å². The van der Waals surface area contributed by atoms with Crippen LogP contribution < -0.4 is 16.4 Å². The standard InChI is InChI=1S/C12H23N3O5/c1-7(2)9(6-20-3)15-12(19)14-8(11(17)18)4-5-10(13)16/h7-9H,4-6H2,1-3H3,(H2,13,16)(H,17,18)(H2,14,15,19). The minimum Gasteiger partial charge on any atom is -0.480 e. The van der Waals surface area contributed by atoms with Gasteiger partial charge in [-0.2, -0.15) is 0 Å². The van der Waals surface area contributed by atoms with Crippen molar-refractivity contribution in [2.45, 2.75) is 38.8 Å². The summed E-state index contributed by atoms with van der Waals surface area (Å²) in [6, 6.07) is -2.00. The highest BCUT2D eigenvalue weighted by Gasteiger charge is 2.22. The van der Waals surface area contributed by atoms with Crippen LogP contribution in [-0.4, -0.2) is 48.8 Å². The number of hydrogen-bond acceptors (Lipinski definition) is 4. The van der Waals surface area contributed by atoms with Crippen molar-refractivity contribution in [2.75, 3.05) is 13.7 Å². The Morgan fingerprint density at radius 1 is 1.25 bits per heavy atom. The predicted octanol–water partition coefficient (Wildman–Crippen LogP) is -0.325. The molecule has 0 aliphatic rings. The summed E-state index contributed by atoms with van der Waals surface area (Å²) in [6.07, 6.45) is -0.155. The van der Waals surface area contributed by atoms with Gasteiger partial charge < -0.3 is 26.2 Å². The normalized spacial score (nSPS) is 13.6. The van der Waals surface area contributed by atoms with Crippen LogP contribution in [0.4, 0.5) is 4.79 Å². The van der Waals surface area contributed by atoms with Crippen molar-refractivity contribution in [1.82, 2.24) is 10.6 Å². The van der Waals surface area contributed by atoms with Crippen molar-refractivity contribution in [3.63, 3.8) is 0 Å². The highest BCUT2D eigenvalue weighted by atomic mass is 16.5. The van der Waals surface area contributed by atoms with E-state index in [0.29, 0.717) is 6.61 Å². The third-order valence-corrected chi connectivity index (χ3v) is 2.75. The number of primary amides is 1. The van der Waals surface area contributed by atoms with Gasteiger partial charge in [-0.15, -0.1) is 0 Å². The summed E-state index contributed by atoms with van der Waals surface area (Å²) in [5.74, 6) is -1.69. The summed E-state index contributed by atoms with van der Waals surface area (Å²) >= 11 is 0. The fourth-order valence-electron chi connectivity index (χ4n) is 1.49. The second-order valence-corrected chi connectivity index (χ2v) is 4.82. The van der Waals surface area contributed by atoms with Gasteiger partial charge >= 0.3 is 12.0 Å². The van der Waals surface area contributed by atoms with E-state index in [9.17, 15) is 14.4 Å². The quantitative estimate of drug-likeness (QED) is 0.462. The van der Waals surface area contributed by atoms with Crippen LogP contribution in [0.1, 0.15) is 26.7 Å². The maximum absolute atomic E-state index is 11.7. The van der Waals surface area contributed by atoms with Gasteiger partial charge in [0.25, 0.3) is 0 Å². The van der Waals surface area contributed by atoms with Gasteiger partial charge in [0.15, 0.2) is 0 Å². The molecule has 0 saturated heterocycles. The molecule has 8 heteroatoms. The number of nitrogens with two attached hydrogens (primary N) is 1. The third kappa shape index (κ3) is 7.57. The van der Waals surface area contributed by atoms with E-state index in [0.717, 1.165) is 0 Å². The summed E-state index contributed by atoms with van der Waals surface area (Å²) in [4.78, 5) is 33.4. The average Bonchev–Trinajstić information content (AvgIpc) is 2.33. The third-order valence-electron chi connectivity index (χ3n) is 2.75. The lowest BCUT2D eigenvalue weighted by Gasteiger charge is -2.23. The smallest absolute Gasteiger partial charge is 0.326 e. The lowest BCUT2D eigenvalue weighted by Crippen LogP contribution is -2.51. The number of nitrogens with one attached hydrogen (secondary N) is 2. The summed E-state index contributed by atoms with van der Waals surface area (Å²) in [7, 11) is 1.52. The van der Waals surface area contributed by atoms with Crippen LogP contribution in [-0.2, 0) is 14.3 Å². The molecule has 0 aromatic rings. The molecule has 0 heterocycles. The fourth-order valence-corrected chi connectivity index (χ4v) is 1.49. The summed E-state index contributed by atoms with van der Waals surface area (Å²) < 4.78 is 4.98. The maximum atomic E-state index is 11.7. The molecule has 2 atom stereocenters. The Morgan fingerprint density at radius 2 is 1.85 bits per heavy atom. The Hall–Kier alpha value is -1.83. The molecule has 0 aromatic carbocycles. The van der Waals surface area contributed by atoms with Crippen molar-refractivity contribution < 1.29 is 24.2 Å². The van der Waals surface area contributed by atoms with Crippen LogP contribution in [0.3, 0.4) is 0 Å². The lowest BCUT2D eigenvalue weighted by molar-refractivity contribution is -0.139. The number of carbonyl (C=O) groups excluding carboxylic acids is 2. The van der Waals surface area contributed by atoms with Gasteiger partial charge in [0.05, 0.1) is 12.6 Å². The Bertz CT molecular complexity index is 346. The van der Waals surface area contributed by atoms with E-state index in [-0.39, 0.29) is 24.8 Å². The number of methoxy groups -OCH3 is 1. The van der Waals surface area contributed by atoms with Gasteiger partial charge in [0.1, 0.15) is 6.04 Å². The van der Waals surface area contributed by atoms with E-state index in [1.165, 1.54) is 7.11 Å². The first kappa shape index (κ1) is 18.2. The van der Waals surface area contributed by atoms with Gasteiger partial charge in [0.2, 0.25) is 5.91 Å². The SMILES string of the molecule is COCC(NC(=O)NC(CCC(N)=O)C(=O)O)C(C)C. The van der Waals surface area contributed by atoms with Gasteiger partial charge in [-0.05, 0) is 12.3 Å². The predicted molar refractivity (Wildman–Crippen MR) is 72.0 cm³/mol. The molecule has 0 aliphatic carbocycles. The van der Waals surface area contributed by atoms with Crippen molar-refractivity contribution in [3.8, 4) is 0 Å². The van der Waals surface area contributed by atoms with E-state index in [4.69, 9.17) is 15.6 Å². The molecule has 0 fully saturated rings. The number of carboxylic acids is 1. The summed E-state index contributed by atoms with van der Waals surface area (Å²) in [5, 5.41) is 13.9. The zero-order valence-corrected chi connectivity index (χ0v) is 12.0. The number of carboxylic acid groups (broad SMARTS) is 1. The monoisotopic (exact) mass is 289 g/mol. The molecule has 0 saturated carbocycles. The van der Waals surface area contributed by atoms with E-state index >= 15 is 0 Å². The van der Waals surface area contributed by atoms with Crippen molar-refractivity contribution in [2.24, 2.45) is 11.7 Å². The lowest BCUT2D eigenvalue weighted by atomic mass is 10.1. The minimum absolute atomic E-state index is 0.0469. The van der Waals surface area contributed by atoms with Crippen molar-refractivity contribution in [3.05, 3.63) is 0 Å².